The summed E-state index contributed by atoms with van der Waals surface area (Å²) in [6, 6.07) is 19.1. The van der Waals surface area contributed by atoms with Gasteiger partial charge in [-0.1, -0.05) is 36.4 Å². The number of benzene rings is 2. The van der Waals surface area contributed by atoms with Crippen LogP contribution in [0.25, 0.3) is 0 Å². The summed E-state index contributed by atoms with van der Waals surface area (Å²) in [7, 11) is 1.62. The molecule has 27 heavy (non-hydrogen) atoms. The second-order valence-corrected chi connectivity index (χ2v) is 6.11. The van der Waals surface area contributed by atoms with Crippen molar-refractivity contribution < 1.29 is 9.53 Å². The molecule has 0 fully saturated rings. The van der Waals surface area contributed by atoms with Crippen LogP contribution in [-0.4, -0.2) is 23.2 Å². The molecule has 0 bridgehead atoms. The van der Waals surface area contributed by atoms with Crippen molar-refractivity contribution in [1.82, 2.24) is 15.5 Å². The summed E-state index contributed by atoms with van der Waals surface area (Å²) < 4.78 is 5.12. The lowest BCUT2D eigenvalue weighted by molar-refractivity contribution is 0.0945. The van der Waals surface area contributed by atoms with Crippen LogP contribution in [0.1, 0.15) is 27.2 Å². The van der Waals surface area contributed by atoms with Crippen molar-refractivity contribution >= 4 is 11.7 Å². The summed E-state index contributed by atoms with van der Waals surface area (Å²) in [6.45, 7) is 3.14. The monoisotopic (exact) mass is 362 g/mol. The maximum absolute atomic E-state index is 12.2. The van der Waals surface area contributed by atoms with Gasteiger partial charge in [0.15, 0.2) is 5.69 Å². The first-order valence-corrected chi connectivity index (χ1v) is 8.69. The van der Waals surface area contributed by atoms with E-state index in [1.165, 1.54) is 11.1 Å². The fourth-order valence-corrected chi connectivity index (χ4v) is 2.56. The Kier molecular flexibility index (Phi) is 5.99. The number of nitrogens with one attached hydrogen (secondary N) is 2. The highest BCUT2D eigenvalue weighted by molar-refractivity contribution is 5.92. The molecule has 0 saturated heterocycles. The number of aromatic nitrogens is 2. The zero-order chi connectivity index (χ0) is 19.1. The number of hydrogen-bond acceptors (Lipinski definition) is 5. The van der Waals surface area contributed by atoms with Crippen LogP contribution in [0.5, 0.6) is 5.75 Å². The Hall–Kier alpha value is -3.41. The third-order valence-electron chi connectivity index (χ3n) is 4.23. The van der Waals surface area contributed by atoms with Gasteiger partial charge in [0.05, 0.1) is 7.11 Å². The van der Waals surface area contributed by atoms with Gasteiger partial charge in [-0.2, -0.15) is 0 Å². The lowest BCUT2D eigenvalue weighted by Crippen LogP contribution is -2.24. The van der Waals surface area contributed by atoms with E-state index in [0.29, 0.717) is 18.9 Å². The minimum Gasteiger partial charge on any atom is -0.497 e. The third kappa shape index (κ3) is 5.04. The van der Waals surface area contributed by atoms with Gasteiger partial charge in [-0.15, -0.1) is 10.2 Å². The second-order valence-electron chi connectivity index (χ2n) is 6.11. The largest absolute Gasteiger partial charge is 0.497 e. The first-order chi connectivity index (χ1) is 13.2. The number of aryl methyl sites for hydroxylation is 1. The Bertz CT molecular complexity index is 893. The van der Waals surface area contributed by atoms with Gasteiger partial charge in [-0.3, -0.25) is 4.79 Å². The predicted molar refractivity (Wildman–Crippen MR) is 105 cm³/mol. The van der Waals surface area contributed by atoms with E-state index < -0.39 is 0 Å². The van der Waals surface area contributed by atoms with E-state index in [-0.39, 0.29) is 11.6 Å². The molecule has 1 aromatic heterocycles. The highest BCUT2D eigenvalue weighted by Crippen LogP contribution is 2.12. The minimum absolute atomic E-state index is 0.260. The molecule has 2 aromatic carbocycles. The lowest BCUT2D eigenvalue weighted by atomic mass is 10.1. The molecule has 1 heterocycles. The molecule has 3 aromatic rings. The van der Waals surface area contributed by atoms with Crippen molar-refractivity contribution in [2.45, 2.75) is 20.0 Å². The molecule has 0 unspecified atom stereocenters. The molecule has 3 rings (SSSR count). The molecule has 138 valence electrons. The van der Waals surface area contributed by atoms with E-state index in [0.717, 1.165) is 11.3 Å². The zero-order valence-corrected chi connectivity index (χ0v) is 15.4. The number of amides is 1. The molecule has 0 aliphatic carbocycles. The molecule has 6 heteroatoms. The van der Waals surface area contributed by atoms with E-state index >= 15 is 0 Å². The average molecular weight is 362 g/mol. The van der Waals surface area contributed by atoms with Gasteiger partial charge in [-0.25, -0.2) is 0 Å². The number of anilines is 1. The van der Waals surface area contributed by atoms with Crippen LogP contribution in [-0.2, 0) is 13.1 Å². The molecule has 0 radical (unpaired) electrons. The summed E-state index contributed by atoms with van der Waals surface area (Å²) in [6.07, 6.45) is 0. The Labute approximate surface area is 158 Å². The van der Waals surface area contributed by atoms with Crippen LogP contribution < -0.4 is 15.4 Å². The van der Waals surface area contributed by atoms with Crippen LogP contribution in [0.3, 0.4) is 0 Å². The van der Waals surface area contributed by atoms with Crippen LogP contribution in [0, 0.1) is 6.92 Å². The first kappa shape index (κ1) is 18.4. The molecule has 0 spiro atoms. The van der Waals surface area contributed by atoms with Gasteiger partial charge in [0, 0.05) is 13.1 Å². The molecule has 0 aliphatic rings. The van der Waals surface area contributed by atoms with E-state index in [9.17, 15) is 4.79 Å². The van der Waals surface area contributed by atoms with E-state index in [1.54, 1.807) is 19.2 Å². The second kappa shape index (κ2) is 8.80. The van der Waals surface area contributed by atoms with Gasteiger partial charge in [-0.05, 0) is 47.9 Å². The number of carbonyl (C=O) groups excluding carboxylic acids is 1. The predicted octanol–water partition coefficient (Wildman–Crippen LogP) is 3.34. The number of rotatable bonds is 7. The van der Waals surface area contributed by atoms with Gasteiger partial charge in [0.2, 0.25) is 0 Å². The van der Waals surface area contributed by atoms with Crippen molar-refractivity contribution in [1.29, 1.82) is 0 Å². The molecular formula is C21H22N4O2. The van der Waals surface area contributed by atoms with Crippen molar-refractivity contribution in [3.63, 3.8) is 0 Å². The molecular weight excluding hydrogens is 340 g/mol. The Balaban J connectivity index is 1.52. The smallest absolute Gasteiger partial charge is 0.272 e. The van der Waals surface area contributed by atoms with Gasteiger partial charge < -0.3 is 15.4 Å². The van der Waals surface area contributed by atoms with Crippen molar-refractivity contribution in [3.8, 4) is 5.75 Å². The number of methoxy groups -OCH3 is 1. The highest BCUT2D eigenvalue weighted by atomic mass is 16.5. The van der Waals surface area contributed by atoms with Crippen LogP contribution in [0.4, 0.5) is 5.82 Å². The summed E-state index contributed by atoms with van der Waals surface area (Å²) in [5, 5.41) is 14.1. The van der Waals surface area contributed by atoms with Gasteiger partial charge in [0.1, 0.15) is 11.6 Å². The fraction of sp³-hybridized carbons (Fsp3) is 0.190. The maximum atomic E-state index is 12.2. The standard InChI is InChI=1S/C21H22N4O2/c1-15-5-3-4-6-17(15)14-22-20-12-11-19(24-25-20)21(26)23-13-16-7-9-18(27-2)10-8-16/h3-12H,13-14H2,1-2H3,(H,22,25)(H,23,26). The highest BCUT2D eigenvalue weighted by Gasteiger charge is 2.08. The summed E-state index contributed by atoms with van der Waals surface area (Å²) in [5.41, 5.74) is 3.67. The SMILES string of the molecule is COc1ccc(CNC(=O)c2ccc(NCc3ccccc3C)nn2)cc1. The normalized spacial score (nSPS) is 10.3. The first-order valence-electron chi connectivity index (χ1n) is 8.69. The Morgan fingerprint density at radius 1 is 0.963 bits per heavy atom. The minimum atomic E-state index is -0.260. The van der Waals surface area contributed by atoms with Crippen LogP contribution in [0.2, 0.25) is 0 Å². The Morgan fingerprint density at radius 3 is 2.41 bits per heavy atom. The molecule has 6 nitrogen and oxygen atoms in total. The number of nitrogens with zero attached hydrogens (tertiary/aromatic N) is 2. The molecule has 0 atom stereocenters. The van der Waals surface area contributed by atoms with E-state index in [1.807, 2.05) is 36.4 Å². The van der Waals surface area contributed by atoms with Crippen molar-refractivity contribution in [2.75, 3.05) is 12.4 Å². The van der Waals surface area contributed by atoms with Crippen molar-refractivity contribution in [3.05, 3.63) is 83.0 Å². The average Bonchev–Trinajstić information content (AvgIpc) is 2.72. The van der Waals surface area contributed by atoms with E-state index in [2.05, 4.69) is 39.9 Å². The van der Waals surface area contributed by atoms with Crippen LogP contribution in [0.15, 0.2) is 60.7 Å². The van der Waals surface area contributed by atoms with Crippen LogP contribution >= 0.6 is 0 Å². The molecule has 1 amide bonds. The zero-order valence-electron chi connectivity index (χ0n) is 15.4. The maximum Gasteiger partial charge on any atom is 0.272 e. The lowest BCUT2D eigenvalue weighted by Gasteiger charge is -2.08. The molecule has 2 N–H and O–H groups in total. The number of carbonyl (C=O) groups is 1. The molecule has 0 aliphatic heterocycles. The quantitative estimate of drug-likeness (QED) is 0.674. The Morgan fingerprint density at radius 2 is 1.74 bits per heavy atom. The summed E-state index contributed by atoms with van der Waals surface area (Å²) in [4.78, 5) is 12.2. The van der Waals surface area contributed by atoms with Gasteiger partial charge in [0.25, 0.3) is 5.91 Å². The summed E-state index contributed by atoms with van der Waals surface area (Å²) >= 11 is 0. The topological polar surface area (TPSA) is 76.1 Å². The number of ether oxygens (including phenoxy) is 1. The molecule has 0 saturated carbocycles. The van der Waals surface area contributed by atoms with E-state index in [4.69, 9.17) is 4.74 Å². The summed E-state index contributed by atoms with van der Waals surface area (Å²) in [5.74, 6) is 1.15. The van der Waals surface area contributed by atoms with Crippen molar-refractivity contribution in [2.24, 2.45) is 0 Å². The number of hydrogen-bond donors (Lipinski definition) is 2. The third-order valence-corrected chi connectivity index (χ3v) is 4.23. The fourth-order valence-electron chi connectivity index (χ4n) is 2.56. The van der Waals surface area contributed by atoms with Gasteiger partial charge >= 0.3 is 0 Å².